The Labute approximate surface area is 116 Å². The molecule has 1 aromatic heterocycles. The Bertz CT molecular complexity index is 716. The first-order valence-electron chi connectivity index (χ1n) is 5.35. The van der Waals surface area contributed by atoms with E-state index in [4.69, 9.17) is 0 Å². The number of hydrogen-bond donors (Lipinski definition) is 2. The minimum absolute atomic E-state index is 0.258. The van der Waals surface area contributed by atoms with Crippen LogP contribution < -0.4 is 0 Å². The maximum atomic E-state index is 9.50. The number of phenolic OH excluding ortho intramolecular Hbond substituents is 2. The Morgan fingerprint density at radius 3 is 2.28 bits per heavy atom. The van der Waals surface area contributed by atoms with Crippen molar-refractivity contribution in [3.05, 3.63) is 46.9 Å². The second-order valence-electron chi connectivity index (χ2n) is 3.97. The number of rotatable bonds is 1. The highest BCUT2D eigenvalue weighted by Crippen LogP contribution is 2.43. The smallest absolute Gasteiger partial charge is 0.117 e. The Hall–Kier alpha value is -1.52. The predicted octanol–water partition coefficient (Wildman–Crippen LogP) is 4.74. The third-order valence-electron chi connectivity index (χ3n) is 2.74. The van der Waals surface area contributed by atoms with Gasteiger partial charge < -0.3 is 10.2 Å². The Morgan fingerprint density at radius 2 is 1.56 bits per heavy atom. The fourth-order valence-corrected chi connectivity index (χ4v) is 3.93. The highest BCUT2D eigenvalue weighted by molar-refractivity contribution is 9.10. The highest BCUT2D eigenvalue weighted by atomic mass is 79.9. The Morgan fingerprint density at radius 1 is 0.889 bits per heavy atom. The maximum absolute atomic E-state index is 9.50. The molecule has 2 N–H and O–H groups in total. The monoisotopic (exact) mass is 320 g/mol. The number of phenols is 2. The highest BCUT2D eigenvalue weighted by Gasteiger charge is 2.11. The summed E-state index contributed by atoms with van der Waals surface area (Å²) in [5, 5.41) is 19.9. The van der Waals surface area contributed by atoms with Crippen molar-refractivity contribution >= 4 is 37.4 Å². The molecule has 0 unspecified atom stereocenters. The molecule has 0 spiro atoms. The number of thiophene rings is 1. The first-order chi connectivity index (χ1) is 8.65. The summed E-state index contributed by atoms with van der Waals surface area (Å²) < 4.78 is 2.05. The van der Waals surface area contributed by atoms with Crippen LogP contribution in [0, 0.1) is 0 Å². The topological polar surface area (TPSA) is 40.5 Å². The molecule has 0 saturated heterocycles. The van der Waals surface area contributed by atoms with Gasteiger partial charge in [0.1, 0.15) is 11.5 Å². The van der Waals surface area contributed by atoms with Crippen molar-refractivity contribution < 1.29 is 10.2 Å². The van der Waals surface area contributed by atoms with Gasteiger partial charge in [-0.05, 0) is 64.0 Å². The van der Waals surface area contributed by atoms with Crippen LogP contribution in [0.1, 0.15) is 0 Å². The number of halogens is 1. The summed E-state index contributed by atoms with van der Waals surface area (Å²) in [6, 6.07) is 12.4. The SMILES string of the molecule is Oc1ccc(-c2sc3cc(O)ccc3c2Br)cc1. The average molecular weight is 321 g/mol. The molecule has 0 aliphatic carbocycles. The van der Waals surface area contributed by atoms with Crippen LogP contribution in [0.5, 0.6) is 11.5 Å². The van der Waals surface area contributed by atoms with Gasteiger partial charge in [0.15, 0.2) is 0 Å². The van der Waals surface area contributed by atoms with Gasteiger partial charge in [-0.3, -0.25) is 0 Å². The van der Waals surface area contributed by atoms with E-state index in [2.05, 4.69) is 15.9 Å². The normalized spacial score (nSPS) is 10.9. The lowest BCUT2D eigenvalue weighted by atomic mass is 10.1. The zero-order valence-electron chi connectivity index (χ0n) is 9.22. The predicted molar refractivity (Wildman–Crippen MR) is 78.3 cm³/mol. The summed E-state index contributed by atoms with van der Waals surface area (Å²) in [5.41, 5.74) is 1.04. The van der Waals surface area contributed by atoms with E-state index in [1.165, 1.54) is 0 Å². The second-order valence-corrected chi connectivity index (χ2v) is 5.82. The van der Waals surface area contributed by atoms with E-state index >= 15 is 0 Å². The average Bonchev–Trinajstić information content (AvgIpc) is 2.67. The van der Waals surface area contributed by atoms with Gasteiger partial charge in [0.2, 0.25) is 0 Å². The van der Waals surface area contributed by atoms with Gasteiger partial charge in [0, 0.05) is 19.4 Å². The quantitative estimate of drug-likeness (QED) is 0.679. The van der Waals surface area contributed by atoms with Crippen LogP contribution in [0.25, 0.3) is 20.5 Å². The molecular weight excluding hydrogens is 312 g/mol. The summed E-state index contributed by atoms with van der Waals surface area (Å²) in [7, 11) is 0. The van der Waals surface area contributed by atoms with Crippen LogP contribution >= 0.6 is 27.3 Å². The van der Waals surface area contributed by atoms with Crippen LogP contribution in [0.15, 0.2) is 46.9 Å². The van der Waals surface area contributed by atoms with Crippen molar-refractivity contribution in [3.63, 3.8) is 0 Å². The Balaban J connectivity index is 2.23. The Kier molecular flexibility index (Phi) is 2.76. The second kappa shape index (κ2) is 4.30. The molecule has 0 bridgehead atoms. The summed E-state index contributed by atoms with van der Waals surface area (Å²) in [6.07, 6.45) is 0. The molecule has 3 aromatic rings. The zero-order chi connectivity index (χ0) is 12.7. The van der Waals surface area contributed by atoms with Gasteiger partial charge in [-0.25, -0.2) is 0 Å². The number of aromatic hydroxyl groups is 2. The maximum Gasteiger partial charge on any atom is 0.117 e. The van der Waals surface area contributed by atoms with E-state index < -0.39 is 0 Å². The third-order valence-corrected chi connectivity index (χ3v) is 5.03. The lowest BCUT2D eigenvalue weighted by Gasteiger charge is -1.98. The molecule has 3 rings (SSSR count). The van der Waals surface area contributed by atoms with Gasteiger partial charge in [-0.1, -0.05) is 0 Å². The molecule has 2 nitrogen and oxygen atoms in total. The van der Waals surface area contributed by atoms with Crippen LogP contribution in [-0.4, -0.2) is 10.2 Å². The summed E-state index contributed by atoms with van der Waals surface area (Å²) >= 11 is 5.21. The van der Waals surface area contributed by atoms with E-state index in [1.54, 1.807) is 35.6 Å². The zero-order valence-corrected chi connectivity index (χ0v) is 11.6. The molecule has 0 amide bonds. The van der Waals surface area contributed by atoms with E-state index in [0.717, 1.165) is 25.0 Å². The molecule has 0 saturated carbocycles. The fourth-order valence-electron chi connectivity index (χ4n) is 1.85. The largest absolute Gasteiger partial charge is 0.508 e. The molecule has 0 atom stereocenters. The van der Waals surface area contributed by atoms with Crippen molar-refractivity contribution in [2.75, 3.05) is 0 Å². The molecule has 18 heavy (non-hydrogen) atoms. The standard InChI is InChI=1S/C14H9BrO2S/c15-13-11-6-5-10(17)7-12(11)18-14(13)8-1-3-9(16)4-2-8/h1-7,16-17H. The van der Waals surface area contributed by atoms with E-state index in [9.17, 15) is 10.2 Å². The van der Waals surface area contributed by atoms with E-state index in [1.807, 2.05) is 18.2 Å². The lowest BCUT2D eigenvalue weighted by Crippen LogP contribution is -1.72. The van der Waals surface area contributed by atoms with Gasteiger partial charge in [0.05, 0.1) is 0 Å². The van der Waals surface area contributed by atoms with Crippen molar-refractivity contribution in [1.29, 1.82) is 0 Å². The van der Waals surface area contributed by atoms with Gasteiger partial charge >= 0.3 is 0 Å². The van der Waals surface area contributed by atoms with E-state index in [0.29, 0.717) is 0 Å². The fraction of sp³-hybridized carbons (Fsp3) is 0. The van der Waals surface area contributed by atoms with Crippen LogP contribution in [-0.2, 0) is 0 Å². The van der Waals surface area contributed by atoms with Crippen molar-refractivity contribution in [1.82, 2.24) is 0 Å². The summed E-state index contributed by atoms with van der Waals surface area (Å²) in [5.74, 6) is 0.530. The summed E-state index contributed by atoms with van der Waals surface area (Å²) in [4.78, 5) is 1.09. The molecule has 0 fully saturated rings. The van der Waals surface area contributed by atoms with Crippen molar-refractivity contribution in [3.8, 4) is 21.9 Å². The molecule has 0 aliphatic heterocycles. The number of benzene rings is 2. The minimum Gasteiger partial charge on any atom is -0.508 e. The minimum atomic E-state index is 0.258. The first kappa shape index (κ1) is 11.6. The molecule has 0 radical (unpaired) electrons. The van der Waals surface area contributed by atoms with Crippen LogP contribution in [0.4, 0.5) is 0 Å². The first-order valence-corrected chi connectivity index (χ1v) is 6.96. The van der Waals surface area contributed by atoms with Crippen molar-refractivity contribution in [2.24, 2.45) is 0 Å². The van der Waals surface area contributed by atoms with Crippen LogP contribution in [0.2, 0.25) is 0 Å². The molecule has 2 aromatic carbocycles. The molecule has 0 aliphatic rings. The molecular formula is C14H9BrO2S. The van der Waals surface area contributed by atoms with Gasteiger partial charge in [-0.2, -0.15) is 0 Å². The summed E-state index contributed by atoms with van der Waals surface area (Å²) in [6.45, 7) is 0. The molecule has 1 heterocycles. The molecule has 4 heteroatoms. The van der Waals surface area contributed by atoms with Crippen molar-refractivity contribution in [2.45, 2.75) is 0 Å². The molecule has 90 valence electrons. The number of hydrogen-bond acceptors (Lipinski definition) is 3. The lowest BCUT2D eigenvalue weighted by molar-refractivity contribution is 0.475. The van der Waals surface area contributed by atoms with Crippen LogP contribution in [0.3, 0.4) is 0 Å². The third kappa shape index (κ3) is 1.87. The van der Waals surface area contributed by atoms with Gasteiger partial charge in [0.25, 0.3) is 0 Å². The van der Waals surface area contributed by atoms with E-state index in [-0.39, 0.29) is 11.5 Å². The van der Waals surface area contributed by atoms with Gasteiger partial charge in [-0.15, -0.1) is 11.3 Å². The number of fused-ring (bicyclic) bond motifs is 1.